The van der Waals surface area contributed by atoms with Crippen LogP contribution in [0.3, 0.4) is 0 Å². The molecule has 1 rings (SSSR count). The highest BCUT2D eigenvalue weighted by molar-refractivity contribution is 7.15. The number of nitrogens with one attached hydrogen (secondary N) is 1. The number of thiazole rings is 1. The summed E-state index contributed by atoms with van der Waals surface area (Å²) in [5, 5.41) is 4.72. The summed E-state index contributed by atoms with van der Waals surface area (Å²) in [5.41, 5.74) is 1.30. The lowest BCUT2D eigenvalue weighted by Gasteiger charge is -2.21. The van der Waals surface area contributed by atoms with E-state index in [1.165, 1.54) is 28.5 Å². The van der Waals surface area contributed by atoms with E-state index in [-0.39, 0.29) is 0 Å². The molecular weight excluding hydrogens is 266 g/mol. The first kappa shape index (κ1) is 17.4. The van der Waals surface area contributed by atoms with Gasteiger partial charge >= 0.3 is 0 Å². The smallest absolute Gasteiger partial charge is 0.185 e. The Morgan fingerprint density at radius 3 is 2.50 bits per heavy atom. The molecule has 0 bridgehead atoms. The van der Waals surface area contributed by atoms with E-state index in [1.54, 1.807) is 0 Å². The molecule has 4 heteroatoms. The van der Waals surface area contributed by atoms with Gasteiger partial charge in [-0.15, -0.1) is 11.3 Å². The Morgan fingerprint density at radius 1 is 1.20 bits per heavy atom. The molecule has 116 valence electrons. The van der Waals surface area contributed by atoms with Gasteiger partial charge in [0.25, 0.3) is 0 Å². The molecule has 3 nitrogen and oxygen atoms in total. The summed E-state index contributed by atoms with van der Waals surface area (Å²) in [6.07, 6.45) is 3.45. The van der Waals surface area contributed by atoms with Crippen molar-refractivity contribution in [3.05, 3.63) is 10.6 Å². The zero-order chi connectivity index (χ0) is 15.0. The Kier molecular flexibility index (Phi) is 8.15. The van der Waals surface area contributed by atoms with Gasteiger partial charge in [-0.1, -0.05) is 34.1 Å². The van der Waals surface area contributed by atoms with Crippen molar-refractivity contribution < 1.29 is 0 Å². The van der Waals surface area contributed by atoms with E-state index < -0.39 is 0 Å². The second-order valence-corrected chi connectivity index (χ2v) is 6.79. The molecule has 0 aliphatic heterocycles. The molecule has 0 fully saturated rings. The molecule has 0 amide bonds. The van der Waals surface area contributed by atoms with Crippen molar-refractivity contribution in [3.8, 4) is 0 Å². The van der Waals surface area contributed by atoms with E-state index >= 15 is 0 Å². The molecule has 1 N–H and O–H groups in total. The number of hydrogen-bond donors (Lipinski definition) is 1. The number of aryl methyl sites for hydroxylation is 1. The van der Waals surface area contributed by atoms with Crippen molar-refractivity contribution in [1.29, 1.82) is 0 Å². The second kappa shape index (κ2) is 9.35. The summed E-state index contributed by atoms with van der Waals surface area (Å²) < 4.78 is 0. The maximum atomic E-state index is 4.91. The number of hydrogen-bond acceptors (Lipinski definition) is 4. The highest BCUT2D eigenvalue weighted by Gasteiger charge is 2.15. The summed E-state index contributed by atoms with van der Waals surface area (Å²) in [7, 11) is 0. The Morgan fingerprint density at radius 2 is 1.95 bits per heavy atom. The van der Waals surface area contributed by atoms with Gasteiger partial charge in [-0.2, -0.15) is 0 Å². The van der Waals surface area contributed by atoms with E-state index in [9.17, 15) is 0 Å². The third kappa shape index (κ3) is 5.41. The van der Waals surface area contributed by atoms with Crippen molar-refractivity contribution in [2.24, 2.45) is 5.92 Å². The standard InChI is InChI=1S/C16H31N3S/c1-6-9-14-15(11-17-10-7-2)20-16(18-14)19(8-3)12-13(4)5/h13,17H,6-12H2,1-5H3. The lowest BCUT2D eigenvalue weighted by Crippen LogP contribution is -2.27. The topological polar surface area (TPSA) is 28.2 Å². The summed E-state index contributed by atoms with van der Waals surface area (Å²) in [6, 6.07) is 0. The second-order valence-electron chi connectivity index (χ2n) is 5.73. The van der Waals surface area contributed by atoms with Gasteiger partial charge in [-0.25, -0.2) is 4.98 Å². The molecule has 20 heavy (non-hydrogen) atoms. The molecule has 0 spiro atoms. The molecule has 0 saturated heterocycles. The van der Waals surface area contributed by atoms with Gasteiger partial charge in [0, 0.05) is 24.5 Å². The largest absolute Gasteiger partial charge is 0.348 e. The van der Waals surface area contributed by atoms with Crippen molar-refractivity contribution >= 4 is 16.5 Å². The molecule has 0 aliphatic carbocycles. The Bertz CT molecular complexity index is 374. The van der Waals surface area contributed by atoms with Crippen LogP contribution in [0.5, 0.6) is 0 Å². The van der Waals surface area contributed by atoms with E-state index in [0.717, 1.165) is 32.6 Å². The predicted molar refractivity (Wildman–Crippen MR) is 90.8 cm³/mol. The normalized spacial score (nSPS) is 11.3. The third-order valence-corrected chi connectivity index (χ3v) is 4.36. The Hall–Kier alpha value is -0.610. The quantitative estimate of drug-likeness (QED) is 0.660. The molecule has 1 aromatic rings. The number of aromatic nitrogens is 1. The van der Waals surface area contributed by atoms with Crippen molar-refractivity contribution in [2.75, 3.05) is 24.5 Å². The van der Waals surface area contributed by atoms with Crippen LogP contribution in [0, 0.1) is 5.92 Å². The fourth-order valence-electron chi connectivity index (χ4n) is 2.24. The number of anilines is 1. The van der Waals surface area contributed by atoms with Crippen LogP contribution in [0.15, 0.2) is 0 Å². The van der Waals surface area contributed by atoms with Gasteiger partial charge in [0.05, 0.1) is 5.69 Å². The molecule has 0 atom stereocenters. The van der Waals surface area contributed by atoms with Gasteiger partial charge < -0.3 is 10.2 Å². The van der Waals surface area contributed by atoms with Crippen LogP contribution in [-0.2, 0) is 13.0 Å². The minimum atomic E-state index is 0.676. The first-order valence-corrected chi connectivity index (χ1v) is 8.88. The van der Waals surface area contributed by atoms with Crippen LogP contribution in [0.25, 0.3) is 0 Å². The molecular formula is C16H31N3S. The van der Waals surface area contributed by atoms with Gasteiger partial charge in [-0.3, -0.25) is 0 Å². The van der Waals surface area contributed by atoms with E-state index in [1.807, 2.05) is 11.3 Å². The maximum Gasteiger partial charge on any atom is 0.185 e. The minimum Gasteiger partial charge on any atom is -0.348 e. The number of nitrogens with zero attached hydrogens (tertiary/aromatic N) is 2. The monoisotopic (exact) mass is 297 g/mol. The zero-order valence-electron chi connectivity index (χ0n) is 13.8. The SMILES string of the molecule is CCCNCc1sc(N(CC)CC(C)C)nc1CCC. The zero-order valence-corrected chi connectivity index (χ0v) is 14.6. The molecule has 1 heterocycles. The van der Waals surface area contributed by atoms with Crippen LogP contribution >= 0.6 is 11.3 Å². The van der Waals surface area contributed by atoms with Crippen LogP contribution in [0.4, 0.5) is 5.13 Å². The molecule has 1 aromatic heterocycles. The van der Waals surface area contributed by atoms with Crippen molar-refractivity contribution in [3.63, 3.8) is 0 Å². The van der Waals surface area contributed by atoms with E-state index in [4.69, 9.17) is 4.98 Å². The van der Waals surface area contributed by atoms with Gasteiger partial charge in [0.15, 0.2) is 5.13 Å². The first-order chi connectivity index (χ1) is 9.62. The molecule has 0 saturated carbocycles. The summed E-state index contributed by atoms with van der Waals surface area (Å²) >= 11 is 1.88. The first-order valence-electron chi connectivity index (χ1n) is 8.06. The van der Waals surface area contributed by atoms with Gasteiger partial charge in [-0.05, 0) is 32.2 Å². The van der Waals surface area contributed by atoms with Gasteiger partial charge in [0.1, 0.15) is 0 Å². The maximum absolute atomic E-state index is 4.91. The van der Waals surface area contributed by atoms with Crippen LogP contribution in [-0.4, -0.2) is 24.6 Å². The molecule has 0 radical (unpaired) electrons. The van der Waals surface area contributed by atoms with E-state index in [2.05, 4.69) is 44.8 Å². The van der Waals surface area contributed by atoms with Crippen LogP contribution in [0.2, 0.25) is 0 Å². The van der Waals surface area contributed by atoms with Crippen molar-refractivity contribution in [2.45, 2.75) is 60.4 Å². The highest BCUT2D eigenvalue weighted by atomic mass is 32.1. The van der Waals surface area contributed by atoms with Crippen molar-refractivity contribution in [1.82, 2.24) is 10.3 Å². The predicted octanol–water partition coefficient (Wildman–Crippen LogP) is 4.08. The minimum absolute atomic E-state index is 0.676. The van der Waals surface area contributed by atoms with Gasteiger partial charge in [0.2, 0.25) is 0 Å². The molecule has 0 aromatic carbocycles. The summed E-state index contributed by atoms with van der Waals surface area (Å²) in [5.74, 6) is 0.676. The average Bonchev–Trinajstić information content (AvgIpc) is 2.80. The summed E-state index contributed by atoms with van der Waals surface area (Å²) in [4.78, 5) is 8.75. The Balaban J connectivity index is 2.82. The average molecular weight is 298 g/mol. The van der Waals surface area contributed by atoms with Crippen LogP contribution in [0.1, 0.15) is 58.0 Å². The third-order valence-electron chi connectivity index (χ3n) is 3.20. The Labute approximate surface area is 128 Å². The fraction of sp³-hybridized carbons (Fsp3) is 0.812. The number of rotatable bonds is 10. The fourth-order valence-corrected chi connectivity index (χ4v) is 3.39. The lowest BCUT2D eigenvalue weighted by atomic mass is 10.2. The molecule has 0 unspecified atom stereocenters. The van der Waals surface area contributed by atoms with Crippen LogP contribution < -0.4 is 10.2 Å². The summed E-state index contributed by atoms with van der Waals surface area (Å²) in [6.45, 7) is 15.4. The van der Waals surface area contributed by atoms with E-state index in [0.29, 0.717) is 5.92 Å². The lowest BCUT2D eigenvalue weighted by molar-refractivity contribution is 0.617. The molecule has 0 aliphatic rings. The highest BCUT2D eigenvalue weighted by Crippen LogP contribution is 2.28.